The van der Waals surface area contributed by atoms with Gasteiger partial charge in [-0.15, -0.1) is 0 Å². The van der Waals surface area contributed by atoms with E-state index >= 15 is 0 Å². The molecule has 3 rings (SSSR count). The molecule has 1 amide bonds. The number of esters is 1. The first kappa shape index (κ1) is 21.1. The number of ether oxygens (including phenoxy) is 2. The summed E-state index contributed by atoms with van der Waals surface area (Å²) >= 11 is 0. The highest BCUT2D eigenvalue weighted by Crippen LogP contribution is 2.20. The molecule has 1 aromatic heterocycles. The summed E-state index contributed by atoms with van der Waals surface area (Å²) < 4.78 is 11.9. The molecule has 7 nitrogen and oxygen atoms in total. The summed E-state index contributed by atoms with van der Waals surface area (Å²) in [5.74, 6) is -0.848. The number of para-hydroxylation sites is 1. The first-order valence-corrected chi connectivity index (χ1v) is 9.61. The van der Waals surface area contributed by atoms with E-state index in [1.165, 1.54) is 17.4 Å². The fourth-order valence-corrected chi connectivity index (χ4v) is 2.96. The van der Waals surface area contributed by atoms with Gasteiger partial charge in [0.2, 0.25) is 5.69 Å². The monoisotopic (exact) mass is 407 g/mol. The van der Waals surface area contributed by atoms with Crippen molar-refractivity contribution < 1.29 is 19.1 Å². The molecular weight excluding hydrogens is 382 g/mol. The zero-order chi connectivity index (χ0) is 21.7. The Kier molecular flexibility index (Phi) is 6.51. The summed E-state index contributed by atoms with van der Waals surface area (Å²) in [4.78, 5) is 24.7. The molecule has 0 unspecified atom stereocenters. The van der Waals surface area contributed by atoms with E-state index < -0.39 is 18.5 Å². The summed E-state index contributed by atoms with van der Waals surface area (Å²) in [5, 5.41) is 7.08. The molecule has 3 aromatic rings. The summed E-state index contributed by atoms with van der Waals surface area (Å²) in [6, 6.07) is 15.1. The van der Waals surface area contributed by atoms with Crippen LogP contribution < -0.4 is 10.1 Å². The van der Waals surface area contributed by atoms with Crippen molar-refractivity contribution in [2.45, 2.75) is 26.8 Å². The maximum Gasteiger partial charge on any atom is 0.363 e. The zero-order valence-corrected chi connectivity index (χ0v) is 17.5. The molecule has 0 aliphatic heterocycles. The smallest absolute Gasteiger partial charge is 0.363 e. The van der Waals surface area contributed by atoms with Crippen LogP contribution in [0.3, 0.4) is 0 Å². The van der Waals surface area contributed by atoms with E-state index in [0.717, 1.165) is 16.8 Å². The molecular formula is C23H25N3O4. The Morgan fingerprint density at radius 1 is 1.10 bits per heavy atom. The van der Waals surface area contributed by atoms with Crippen LogP contribution in [0.1, 0.15) is 40.1 Å². The number of nitrogens with zero attached hydrogens (tertiary/aromatic N) is 2. The van der Waals surface area contributed by atoms with Crippen molar-refractivity contribution >= 4 is 11.9 Å². The van der Waals surface area contributed by atoms with E-state index in [1.807, 2.05) is 69.3 Å². The van der Waals surface area contributed by atoms with Crippen LogP contribution in [-0.4, -0.2) is 35.4 Å². The van der Waals surface area contributed by atoms with Crippen LogP contribution in [0.15, 0.2) is 54.7 Å². The second kappa shape index (κ2) is 9.26. The fourth-order valence-electron chi connectivity index (χ4n) is 2.96. The lowest BCUT2D eigenvalue weighted by molar-refractivity contribution is -0.124. The standard InChI is InChI=1S/C23H25N3O4/c1-15-10-11-18(12-16(15)2)17(3)24-21(27)14-30-23(28)22-20(29-4)13-26(25-22)19-8-6-5-7-9-19/h5-13,17H,14H2,1-4H3,(H,24,27)/t17-/m0/s1. The van der Waals surface area contributed by atoms with Crippen molar-refractivity contribution in [3.05, 3.63) is 77.1 Å². The highest BCUT2D eigenvalue weighted by atomic mass is 16.5. The van der Waals surface area contributed by atoms with E-state index in [4.69, 9.17) is 9.47 Å². The number of aromatic nitrogens is 2. The van der Waals surface area contributed by atoms with Gasteiger partial charge in [-0.25, -0.2) is 9.48 Å². The zero-order valence-electron chi connectivity index (χ0n) is 17.5. The molecule has 0 fully saturated rings. The highest BCUT2D eigenvalue weighted by Gasteiger charge is 2.21. The number of benzene rings is 2. The molecule has 156 valence electrons. The second-order valence-electron chi connectivity index (χ2n) is 7.04. The summed E-state index contributed by atoms with van der Waals surface area (Å²) in [6.07, 6.45) is 1.59. The molecule has 0 bridgehead atoms. The van der Waals surface area contributed by atoms with Crippen LogP contribution >= 0.6 is 0 Å². The number of carbonyl (C=O) groups excluding carboxylic acids is 2. The first-order chi connectivity index (χ1) is 14.4. The molecule has 1 N–H and O–H groups in total. The number of rotatable bonds is 7. The minimum atomic E-state index is -0.726. The van der Waals surface area contributed by atoms with Crippen LogP contribution in [0.2, 0.25) is 0 Å². The van der Waals surface area contributed by atoms with Gasteiger partial charge in [-0.3, -0.25) is 4.79 Å². The lowest BCUT2D eigenvalue weighted by Crippen LogP contribution is -2.31. The van der Waals surface area contributed by atoms with Crippen LogP contribution in [0, 0.1) is 13.8 Å². The van der Waals surface area contributed by atoms with E-state index in [-0.39, 0.29) is 17.5 Å². The highest BCUT2D eigenvalue weighted by molar-refractivity contribution is 5.92. The molecule has 0 saturated carbocycles. The van der Waals surface area contributed by atoms with Crippen LogP contribution in [0.25, 0.3) is 5.69 Å². The summed E-state index contributed by atoms with van der Waals surface area (Å²) in [6.45, 7) is 5.54. The Balaban J connectivity index is 1.61. The van der Waals surface area contributed by atoms with Crippen molar-refractivity contribution in [1.29, 1.82) is 0 Å². The third-order valence-electron chi connectivity index (χ3n) is 4.86. The summed E-state index contributed by atoms with van der Waals surface area (Å²) in [7, 11) is 1.45. The molecule has 1 heterocycles. The number of hydrogen-bond acceptors (Lipinski definition) is 5. The summed E-state index contributed by atoms with van der Waals surface area (Å²) in [5.41, 5.74) is 4.11. The Hall–Kier alpha value is -3.61. The van der Waals surface area contributed by atoms with Crippen molar-refractivity contribution in [3.63, 3.8) is 0 Å². The van der Waals surface area contributed by atoms with Crippen molar-refractivity contribution in [3.8, 4) is 11.4 Å². The number of hydrogen-bond donors (Lipinski definition) is 1. The second-order valence-corrected chi connectivity index (χ2v) is 7.04. The first-order valence-electron chi connectivity index (χ1n) is 9.61. The van der Waals surface area contributed by atoms with Gasteiger partial charge < -0.3 is 14.8 Å². The van der Waals surface area contributed by atoms with Gasteiger partial charge in [-0.1, -0.05) is 36.4 Å². The maximum atomic E-state index is 12.5. The molecule has 0 aliphatic carbocycles. The largest absolute Gasteiger partial charge is 0.493 e. The average Bonchev–Trinajstić information content (AvgIpc) is 3.19. The Labute approximate surface area is 175 Å². The van der Waals surface area contributed by atoms with Crippen molar-refractivity contribution in [2.75, 3.05) is 13.7 Å². The SMILES string of the molecule is COc1cn(-c2ccccc2)nc1C(=O)OCC(=O)N[C@@H](C)c1ccc(C)c(C)c1. The van der Waals surface area contributed by atoms with Crippen LogP contribution in [0.4, 0.5) is 0 Å². The molecule has 0 aliphatic rings. The molecule has 0 spiro atoms. The van der Waals surface area contributed by atoms with Gasteiger partial charge in [-0.05, 0) is 49.6 Å². The van der Waals surface area contributed by atoms with Crippen molar-refractivity contribution in [2.24, 2.45) is 0 Å². The predicted octanol–water partition coefficient (Wildman–Crippen LogP) is 3.53. The molecule has 7 heteroatoms. The Bertz CT molecular complexity index is 1040. The normalized spacial score (nSPS) is 11.6. The maximum absolute atomic E-state index is 12.5. The fraction of sp³-hybridized carbons (Fsp3) is 0.261. The average molecular weight is 407 g/mol. The predicted molar refractivity (Wildman–Crippen MR) is 113 cm³/mol. The van der Waals surface area contributed by atoms with E-state index in [9.17, 15) is 9.59 Å². The van der Waals surface area contributed by atoms with Crippen LogP contribution in [-0.2, 0) is 9.53 Å². The van der Waals surface area contributed by atoms with Gasteiger partial charge >= 0.3 is 5.97 Å². The number of nitrogens with one attached hydrogen (secondary N) is 1. The van der Waals surface area contributed by atoms with E-state index in [0.29, 0.717) is 0 Å². The number of amides is 1. The number of aryl methyl sites for hydroxylation is 2. The Morgan fingerprint density at radius 3 is 2.50 bits per heavy atom. The van der Waals surface area contributed by atoms with Gasteiger partial charge in [0.05, 0.1) is 25.0 Å². The van der Waals surface area contributed by atoms with Gasteiger partial charge in [0, 0.05) is 0 Å². The number of carbonyl (C=O) groups is 2. The van der Waals surface area contributed by atoms with E-state index in [1.54, 1.807) is 6.20 Å². The lowest BCUT2D eigenvalue weighted by atomic mass is 10.0. The van der Waals surface area contributed by atoms with Gasteiger partial charge in [0.1, 0.15) is 0 Å². The third kappa shape index (κ3) is 4.86. The van der Waals surface area contributed by atoms with Crippen LogP contribution in [0.5, 0.6) is 5.75 Å². The molecule has 2 aromatic carbocycles. The molecule has 0 radical (unpaired) electrons. The number of methoxy groups -OCH3 is 1. The van der Waals surface area contributed by atoms with Gasteiger partial charge in [0.25, 0.3) is 5.91 Å². The molecule has 1 atom stereocenters. The topological polar surface area (TPSA) is 82.5 Å². The quantitative estimate of drug-likeness (QED) is 0.606. The minimum Gasteiger partial charge on any atom is -0.493 e. The van der Waals surface area contributed by atoms with Gasteiger partial charge in [-0.2, -0.15) is 5.10 Å². The molecule has 30 heavy (non-hydrogen) atoms. The van der Waals surface area contributed by atoms with Crippen molar-refractivity contribution in [1.82, 2.24) is 15.1 Å². The molecule has 0 saturated heterocycles. The van der Waals surface area contributed by atoms with Gasteiger partial charge in [0.15, 0.2) is 12.4 Å². The lowest BCUT2D eigenvalue weighted by Gasteiger charge is -2.15. The Morgan fingerprint density at radius 2 is 1.83 bits per heavy atom. The third-order valence-corrected chi connectivity index (χ3v) is 4.86. The minimum absolute atomic E-state index is 0.0105. The van der Waals surface area contributed by atoms with E-state index in [2.05, 4.69) is 10.4 Å².